The third kappa shape index (κ3) is 2.26. The highest BCUT2D eigenvalue weighted by molar-refractivity contribution is 7.07. The standard InChI is InChI=1S/C9H5F2N3O2S/c10-7(11)6-4(9(15)16)1-12-8(14-6)5-2-17-3-13-5/h1-3,7H,(H,15,16). The summed E-state index contributed by atoms with van der Waals surface area (Å²) in [6.07, 6.45) is -2.10. The van der Waals surface area contributed by atoms with Gasteiger partial charge in [-0.1, -0.05) is 0 Å². The van der Waals surface area contributed by atoms with E-state index in [0.717, 1.165) is 6.20 Å². The first-order valence-corrected chi connectivity index (χ1v) is 5.31. The zero-order valence-corrected chi connectivity index (χ0v) is 8.99. The number of carboxylic acids is 1. The Balaban J connectivity index is 2.53. The fourth-order valence-electron chi connectivity index (χ4n) is 1.17. The van der Waals surface area contributed by atoms with Crippen molar-refractivity contribution < 1.29 is 18.7 Å². The molecule has 0 saturated heterocycles. The smallest absolute Gasteiger partial charge is 0.339 e. The Bertz CT molecular complexity index is 545. The Hall–Kier alpha value is -1.96. The third-order valence-corrected chi connectivity index (χ3v) is 2.50. The molecule has 0 aromatic carbocycles. The predicted octanol–water partition coefficient (Wildman–Crippen LogP) is 2.24. The second kappa shape index (κ2) is 4.50. The van der Waals surface area contributed by atoms with Crippen molar-refractivity contribution in [2.75, 3.05) is 0 Å². The summed E-state index contributed by atoms with van der Waals surface area (Å²) >= 11 is 1.26. The SMILES string of the molecule is O=C(O)c1cnc(-c2cscn2)nc1C(F)F. The molecule has 0 amide bonds. The molecule has 17 heavy (non-hydrogen) atoms. The first-order valence-electron chi connectivity index (χ1n) is 4.36. The first-order chi connectivity index (χ1) is 8.09. The fraction of sp³-hybridized carbons (Fsp3) is 0.111. The van der Waals surface area contributed by atoms with Crippen LogP contribution in [0.25, 0.3) is 11.5 Å². The maximum atomic E-state index is 12.6. The summed E-state index contributed by atoms with van der Waals surface area (Å²) in [7, 11) is 0. The normalized spacial score (nSPS) is 10.8. The largest absolute Gasteiger partial charge is 0.478 e. The van der Waals surface area contributed by atoms with Gasteiger partial charge in [-0.2, -0.15) is 0 Å². The lowest BCUT2D eigenvalue weighted by atomic mass is 10.2. The summed E-state index contributed by atoms with van der Waals surface area (Å²) in [6.45, 7) is 0. The second-order valence-electron chi connectivity index (χ2n) is 2.97. The first kappa shape index (κ1) is 11.5. The molecule has 0 radical (unpaired) electrons. The van der Waals surface area contributed by atoms with Crippen molar-refractivity contribution in [2.45, 2.75) is 6.43 Å². The van der Waals surface area contributed by atoms with Crippen LogP contribution in [-0.4, -0.2) is 26.0 Å². The van der Waals surface area contributed by atoms with Gasteiger partial charge in [0.1, 0.15) is 17.0 Å². The summed E-state index contributed by atoms with van der Waals surface area (Å²) in [4.78, 5) is 21.8. The quantitative estimate of drug-likeness (QED) is 0.912. The highest BCUT2D eigenvalue weighted by Crippen LogP contribution is 2.23. The lowest BCUT2D eigenvalue weighted by Gasteiger charge is -2.04. The molecule has 0 bridgehead atoms. The van der Waals surface area contributed by atoms with E-state index in [2.05, 4.69) is 15.0 Å². The van der Waals surface area contributed by atoms with Crippen LogP contribution in [-0.2, 0) is 0 Å². The van der Waals surface area contributed by atoms with E-state index in [-0.39, 0.29) is 5.82 Å². The highest BCUT2D eigenvalue weighted by atomic mass is 32.1. The number of aromatic nitrogens is 3. The van der Waals surface area contributed by atoms with Crippen LogP contribution in [0.15, 0.2) is 17.1 Å². The minimum Gasteiger partial charge on any atom is -0.478 e. The van der Waals surface area contributed by atoms with Crippen LogP contribution < -0.4 is 0 Å². The highest BCUT2D eigenvalue weighted by Gasteiger charge is 2.21. The van der Waals surface area contributed by atoms with E-state index in [1.807, 2.05) is 0 Å². The van der Waals surface area contributed by atoms with Crippen LogP contribution in [0.5, 0.6) is 0 Å². The van der Waals surface area contributed by atoms with E-state index < -0.39 is 23.7 Å². The number of rotatable bonds is 3. The zero-order valence-electron chi connectivity index (χ0n) is 8.17. The molecule has 0 aliphatic carbocycles. The maximum Gasteiger partial charge on any atom is 0.339 e. The number of carboxylic acid groups (broad SMARTS) is 1. The molecule has 0 unspecified atom stereocenters. The van der Waals surface area contributed by atoms with E-state index in [0.29, 0.717) is 5.69 Å². The summed E-state index contributed by atoms with van der Waals surface area (Å²) in [5.41, 5.74) is 0.453. The van der Waals surface area contributed by atoms with Crippen LogP contribution in [0.1, 0.15) is 22.5 Å². The molecule has 2 heterocycles. The summed E-state index contributed by atoms with van der Waals surface area (Å²) in [5.74, 6) is -1.49. The van der Waals surface area contributed by atoms with Crippen LogP contribution in [0.3, 0.4) is 0 Å². The average Bonchev–Trinajstić information content (AvgIpc) is 2.81. The molecule has 0 aliphatic heterocycles. The van der Waals surface area contributed by atoms with Crippen molar-refractivity contribution in [3.63, 3.8) is 0 Å². The van der Waals surface area contributed by atoms with Crippen molar-refractivity contribution in [2.24, 2.45) is 0 Å². The number of alkyl halides is 2. The van der Waals surface area contributed by atoms with Gasteiger partial charge in [0.05, 0.1) is 5.51 Å². The van der Waals surface area contributed by atoms with Gasteiger partial charge in [-0.3, -0.25) is 0 Å². The van der Waals surface area contributed by atoms with Crippen molar-refractivity contribution in [3.8, 4) is 11.5 Å². The van der Waals surface area contributed by atoms with Gasteiger partial charge in [-0.15, -0.1) is 11.3 Å². The number of hydrogen-bond acceptors (Lipinski definition) is 5. The molecular weight excluding hydrogens is 252 g/mol. The maximum absolute atomic E-state index is 12.6. The monoisotopic (exact) mass is 257 g/mol. The number of halogens is 2. The third-order valence-electron chi connectivity index (χ3n) is 1.92. The zero-order chi connectivity index (χ0) is 12.4. The molecular formula is C9H5F2N3O2S. The topological polar surface area (TPSA) is 76.0 Å². The Morgan fingerprint density at radius 3 is 2.71 bits per heavy atom. The Labute approximate surface area is 97.8 Å². The van der Waals surface area contributed by atoms with Gasteiger partial charge in [0.25, 0.3) is 6.43 Å². The Morgan fingerprint density at radius 2 is 2.18 bits per heavy atom. The van der Waals surface area contributed by atoms with Crippen molar-refractivity contribution in [1.82, 2.24) is 15.0 Å². The minimum absolute atomic E-state index is 0.00782. The van der Waals surface area contributed by atoms with Crippen molar-refractivity contribution >= 4 is 17.3 Å². The fourth-order valence-corrected chi connectivity index (χ4v) is 1.70. The lowest BCUT2D eigenvalue weighted by molar-refractivity contribution is 0.0681. The van der Waals surface area contributed by atoms with Gasteiger partial charge >= 0.3 is 5.97 Å². The molecule has 0 spiro atoms. The van der Waals surface area contributed by atoms with Gasteiger partial charge in [0, 0.05) is 11.6 Å². The van der Waals surface area contributed by atoms with Crippen molar-refractivity contribution in [1.29, 1.82) is 0 Å². The molecule has 0 aliphatic rings. The van der Waals surface area contributed by atoms with Crippen LogP contribution >= 0.6 is 11.3 Å². The molecule has 1 N–H and O–H groups in total. The van der Waals surface area contributed by atoms with Gasteiger partial charge in [0.15, 0.2) is 5.82 Å². The van der Waals surface area contributed by atoms with Gasteiger partial charge in [-0.25, -0.2) is 28.5 Å². The molecule has 2 aromatic heterocycles. The van der Waals surface area contributed by atoms with E-state index in [9.17, 15) is 13.6 Å². The second-order valence-corrected chi connectivity index (χ2v) is 3.69. The summed E-state index contributed by atoms with van der Waals surface area (Å²) < 4.78 is 25.3. The van der Waals surface area contributed by atoms with Crippen molar-refractivity contribution in [3.05, 3.63) is 28.3 Å². The molecule has 88 valence electrons. The summed E-state index contributed by atoms with van der Waals surface area (Å²) in [6, 6.07) is 0. The number of hydrogen-bond donors (Lipinski definition) is 1. The summed E-state index contributed by atoms with van der Waals surface area (Å²) in [5, 5.41) is 10.3. The number of carbonyl (C=O) groups is 1. The molecule has 8 heteroatoms. The van der Waals surface area contributed by atoms with Gasteiger partial charge in [-0.05, 0) is 0 Å². The van der Waals surface area contributed by atoms with E-state index >= 15 is 0 Å². The number of nitrogens with zero attached hydrogens (tertiary/aromatic N) is 3. The molecule has 0 fully saturated rings. The van der Waals surface area contributed by atoms with Crippen LogP contribution in [0, 0.1) is 0 Å². The molecule has 0 atom stereocenters. The molecule has 0 saturated carbocycles. The Morgan fingerprint density at radius 1 is 1.41 bits per heavy atom. The predicted molar refractivity (Wildman–Crippen MR) is 55.1 cm³/mol. The molecule has 2 aromatic rings. The minimum atomic E-state index is -2.97. The lowest BCUT2D eigenvalue weighted by Crippen LogP contribution is -2.08. The number of thiazole rings is 1. The van der Waals surface area contributed by atoms with Crippen LogP contribution in [0.4, 0.5) is 8.78 Å². The Kier molecular flexibility index (Phi) is 3.05. The van der Waals surface area contributed by atoms with Crippen LogP contribution in [0.2, 0.25) is 0 Å². The van der Waals surface area contributed by atoms with E-state index in [1.165, 1.54) is 16.8 Å². The molecule has 2 rings (SSSR count). The van der Waals surface area contributed by atoms with Gasteiger partial charge in [0.2, 0.25) is 0 Å². The average molecular weight is 257 g/mol. The number of aromatic carboxylic acids is 1. The van der Waals surface area contributed by atoms with E-state index in [4.69, 9.17) is 5.11 Å². The molecule has 5 nitrogen and oxygen atoms in total. The van der Waals surface area contributed by atoms with E-state index in [1.54, 1.807) is 5.38 Å². The van der Waals surface area contributed by atoms with Gasteiger partial charge < -0.3 is 5.11 Å².